The van der Waals surface area contributed by atoms with Crippen LogP contribution in [0.5, 0.6) is 0 Å². The van der Waals surface area contributed by atoms with Crippen molar-refractivity contribution in [3.8, 4) is 0 Å². The van der Waals surface area contributed by atoms with E-state index in [1.807, 2.05) is 0 Å². The maximum atomic E-state index is 12.7. The predicted molar refractivity (Wildman–Crippen MR) is 78.2 cm³/mol. The first-order chi connectivity index (χ1) is 10.0. The molecule has 1 aromatic carbocycles. The van der Waals surface area contributed by atoms with E-state index < -0.39 is 4.92 Å². The van der Waals surface area contributed by atoms with Crippen molar-refractivity contribution < 1.29 is 14.8 Å². The molecule has 0 saturated heterocycles. The van der Waals surface area contributed by atoms with Gasteiger partial charge in [0.15, 0.2) is 0 Å². The Morgan fingerprint density at radius 1 is 1.48 bits per heavy atom. The Hall–Kier alpha value is -1.95. The van der Waals surface area contributed by atoms with E-state index in [9.17, 15) is 14.9 Å². The number of carbonyl (C=O) groups excluding carboxylic acids is 1. The molecule has 6 nitrogen and oxygen atoms in total. The van der Waals surface area contributed by atoms with Crippen molar-refractivity contribution in [3.63, 3.8) is 0 Å². The number of hydrogen-bond acceptors (Lipinski definition) is 4. The summed E-state index contributed by atoms with van der Waals surface area (Å²) in [5, 5.41) is 19.7. The van der Waals surface area contributed by atoms with Gasteiger partial charge in [-0.05, 0) is 44.2 Å². The lowest BCUT2D eigenvalue weighted by molar-refractivity contribution is -0.384. The van der Waals surface area contributed by atoms with Gasteiger partial charge in [0, 0.05) is 36.9 Å². The fraction of sp³-hybridized carbons (Fsp3) is 0.533. The van der Waals surface area contributed by atoms with Crippen LogP contribution in [-0.4, -0.2) is 40.0 Å². The molecule has 114 valence electrons. The molecule has 1 N–H and O–H groups in total. The first kappa shape index (κ1) is 15.4. The van der Waals surface area contributed by atoms with Crippen LogP contribution in [0.4, 0.5) is 5.69 Å². The van der Waals surface area contributed by atoms with Gasteiger partial charge in [0.2, 0.25) is 0 Å². The lowest BCUT2D eigenvalue weighted by Gasteiger charge is -2.38. The van der Waals surface area contributed by atoms with Gasteiger partial charge in [0.05, 0.1) is 4.92 Å². The summed E-state index contributed by atoms with van der Waals surface area (Å²) in [6.45, 7) is 2.29. The number of benzene rings is 1. The summed E-state index contributed by atoms with van der Waals surface area (Å²) < 4.78 is 0. The molecule has 1 aliphatic rings. The summed E-state index contributed by atoms with van der Waals surface area (Å²) in [6.07, 6.45) is 3.65. The molecule has 2 rings (SSSR count). The minimum atomic E-state index is -0.462. The predicted octanol–water partition coefficient (Wildman–Crippen LogP) is 2.28. The topological polar surface area (TPSA) is 83.7 Å². The van der Waals surface area contributed by atoms with Crippen molar-refractivity contribution in [2.45, 2.75) is 38.6 Å². The normalized spacial score (nSPS) is 14.6. The van der Waals surface area contributed by atoms with Crippen molar-refractivity contribution in [3.05, 3.63) is 39.4 Å². The number of amides is 1. The molecular formula is C15H20N2O4. The van der Waals surface area contributed by atoms with Crippen LogP contribution in [0.25, 0.3) is 0 Å². The highest BCUT2D eigenvalue weighted by molar-refractivity contribution is 5.96. The average molecular weight is 292 g/mol. The molecule has 1 saturated carbocycles. The van der Waals surface area contributed by atoms with Crippen molar-refractivity contribution in [2.75, 3.05) is 13.2 Å². The Morgan fingerprint density at radius 3 is 2.67 bits per heavy atom. The SMILES string of the molecule is Cc1cc([N+](=O)[O-])ccc1C(=O)N(CCCO)C1CCC1. The van der Waals surface area contributed by atoms with Gasteiger partial charge in [-0.3, -0.25) is 14.9 Å². The zero-order valence-electron chi connectivity index (χ0n) is 12.1. The van der Waals surface area contributed by atoms with Crippen LogP contribution in [0.3, 0.4) is 0 Å². The van der Waals surface area contributed by atoms with Gasteiger partial charge in [-0.15, -0.1) is 0 Å². The highest BCUT2D eigenvalue weighted by Crippen LogP contribution is 2.27. The van der Waals surface area contributed by atoms with Gasteiger partial charge in [-0.1, -0.05) is 0 Å². The zero-order valence-corrected chi connectivity index (χ0v) is 12.1. The molecular weight excluding hydrogens is 272 g/mol. The summed E-state index contributed by atoms with van der Waals surface area (Å²) in [7, 11) is 0. The molecule has 0 bridgehead atoms. The number of hydrogen-bond donors (Lipinski definition) is 1. The second-order valence-electron chi connectivity index (χ2n) is 5.42. The first-order valence-corrected chi connectivity index (χ1v) is 7.21. The molecule has 0 spiro atoms. The Labute approximate surface area is 123 Å². The minimum absolute atomic E-state index is 0.00500. The molecule has 1 fully saturated rings. The number of nitrogens with zero attached hydrogens (tertiary/aromatic N) is 2. The zero-order chi connectivity index (χ0) is 15.4. The third-order valence-electron chi connectivity index (χ3n) is 3.98. The van der Waals surface area contributed by atoms with Crippen molar-refractivity contribution in [2.24, 2.45) is 0 Å². The minimum Gasteiger partial charge on any atom is -0.396 e. The lowest BCUT2D eigenvalue weighted by Crippen LogP contribution is -2.45. The van der Waals surface area contributed by atoms with Crippen LogP contribution in [0, 0.1) is 17.0 Å². The smallest absolute Gasteiger partial charge is 0.269 e. The summed E-state index contributed by atoms with van der Waals surface area (Å²) in [4.78, 5) is 24.8. The van der Waals surface area contributed by atoms with E-state index in [1.165, 1.54) is 18.2 Å². The Bertz CT molecular complexity index is 540. The molecule has 0 unspecified atom stereocenters. The first-order valence-electron chi connectivity index (χ1n) is 7.21. The van der Waals surface area contributed by atoms with Crippen molar-refractivity contribution in [1.29, 1.82) is 0 Å². The van der Waals surface area contributed by atoms with Crippen molar-refractivity contribution in [1.82, 2.24) is 4.90 Å². The fourth-order valence-electron chi connectivity index (χ4n) is 2.55. The van der Waals surface area contributed by atoms with Gasteiger partial charge < -0.3 is 10.0 Å². The van der Waals surface area contributed by atoms with E-state index in [4.69, 9.17) is 5.11 Å². The molecule has 0 aliphatic heterocycles. The number of carbonyl (C=O) groups is 1. The fourth-order valence-corrected chi connectivity index (χ4v) is 2.55. The molecule has 0 atom stereocenters. The third kappa shape index (κ3) is 3.39. The van der Waals surface area contributed by atoms with Crippen LogP contribution in [0.2, 0.25) is 0 Å². The van der Waals surface area contributed by atoms with Gasteiger partial charge in [-0.2, -0.15) is 0 Å². The van der Waals surface area contributed by atoms with Gasteiger partial charge >= 0.3 is 0 Å². The van der Waals surface area contributed by atoms with Crippen LogP contribution in [0.1, 0.15) is 41.6 Å². The van der Waals surface area contributed by atoms with Crippen LogP contribution < -0.4 is 0 Å². The maximum absolute atomic E-state index is 12.7. The quantitative estimate of drug-likeness (QED) is 0.644. The number of nitro groups is 1. The number of aliphatic hydroxyl groups is 1. The summed E-state index contributed by atoms with van der Waals surface area (Å²) in [6, 6.07) is 4.56. The largest absolute Gasteiger partial charge is 0.396 e. The number of rotatable bonds is 6. The molecule has 1 amide bonds. The molecule has 0 aromatic heterocycles. The highest BCUT2D eigenvalue weighted by atomic mass is 16.6. The van der Waals surface area contributed by atoms with Gasteiger partial charge in [0.25, 0.3) is 11.6 Å². The molecule has 0 heterocycles. The number of aliphatic hydroxyl groups excluding tert-OH is 1. The van der Waals surface area contributed by atoms with E-state index in [1.54, 1.807) is 11.8 Å². The summed E-state index contributed by atoms with van der Waals surface area (Å²) in [5.74, 6) is -0.0967. The van der Waals surface area contributed by atoms with Crippen LogP contribution in [0.15, 0.2) is 18.2 Å². The summed E-state index contributed by atoms with van der Waals surface area (Å²) >= 11 is 0. The van der Waals surface area contributed by atoms with Gasteiger partial charge in [0.1, 0.15) is 0 Å². The molecule has 6 heteroatoms. The van der Waals surface area contributed by atoms with Gasteiger partial charge in [-0.25, -0.2) is 0 Å². The lowest BCUT2D eigenvalue weighted by atomic mass is 9.90. The van der Waals surface area contributed by atoms with E-state index in [0.717, 1.165) is 19.3 Å². The van der Waals surface area contributed by atoms with Crippen molar-refractivity contribution >= 4 is 11.6 Å². The third-order valence-corrected chi connectivity index (χ3v) is 3.98. The van der Waals surface area contributed by atoms with E-state index >= 15 is 0 Å². The van der Waals surface area contributed by atoms with E-state index in [2.05, 4.69) is 0 Å². The second kappa shape index (κ2) is 6.67. The average Bonchev–Trinajstić information content (AvgIpc) is 2.40. The Morgan fingerprint density at radius 2 is 2.19 bits per heavy atom. The Kier molecular flexibility index (Phi) is 4.90. The molecule has 1 aromatic rings. The standard InChI is InChI=1S/C15H20N2O4/c1-11-10-13(17(20)21)6-7-14(11)15(19)16(8-3-9-18)12-4-2-5-12/h6-7,10,12,18H,2-5,8-9H2,1H3. The monoisotopic (exact) mass is 292 g/mol. The maximum Gasteiger partial charge on any atom is 0.269 e. The highest BCUT2D eigenvalue weighted by Gasteiger charge is 2.29. The molecule has 21 heavy (non-hydrogen) atoms. The summed E-state index contributed by atoms with van der Waals surface area (Å²) in [5.41, 5.74) is 1.11. The van der Waals surface area contributed by atoms with Crippen LogP contribution in [-0.2, 0) is 0 Å². The Balaban J connectivity index is 2.21. The molecule has 1 aliphatic carbocycles. The molecule has 0 radical (unpaired) electrons. The second-order valence-corrected chi connectivity index (χ2v) is 5.42. The number of nitro benzene ring substituents is 1. The number of aryl methyl sites for hydroxylation is 1. The number of non-ortho nitro benzene ring substituents is 1. The van der Waals surface area contributed by atoms with E-state index in [0.29, 0.717) is 24.1 Å². The van der Waals surface area contributed by atoms with E-state index in [-0.39, 0.29) is 24.2 Å². The van der Waals surface area contributed by atoms with Crippen LogP contribution >= 0.6 is 0 Å².